The molecule has 1 heterocycles. The van der Waals surface area contributed by atoms with Gasteiger partial charge in [-0.2, -0.15) is 0 Å². The molecule has 0 bridgehead atoms. The van der Waals surface area contributed by atoms with Gasteiger partial charge in [-0.15, -0.1) is 0 Å². The molecular formula is C29H52N2. The van der Waals surface area contributed by atoms with Crippen molar-refractivity contribution < 1.29 is 0 Å². The standard InChI is InChI=1S/C18H22N2.C5H12.3C2H6/c1-5-13-12(3)18-17(11(2)15(13)10-19-4)14-8-6-7-9-16(14)20-18;1-3-5-4-2;3*1-2/h5,8-9,19-20H,1,6-7,10H2,2-4H3;3-5H2,1-2H3;3*1-2H3. The first-order valence-electron chi connectivity index (χ1n) is 12.7. The SMILES string of the molecule is C=Cc1c(CNC)c(C)c2c3c([nH]c2c1C)=CCCC=3.CC.CC.CC.CCCCC. The molecule has 2 N–H and O–H groups in total. The first kappa shape index (κ1) is 31.4. The molecule has 3 rings (SSSR count). The van der Waals surface area contributed by atoms with Crippen molar-refractivity contribution in [1.82, 2.24) is 10.3 Å². The maximum Gasteiger partial charge on any atom is 0.0503 e. The minimum absolute atomic E-state index is 0.883. The quantitative estimate of drug-likeness (QED) is 0.500. The molecule has 2 heteroatoms. The number of benzene rings is 1. The first-order valence-corrected chi connectivity index (χ1v) is 12.7. The fraction of sp³-hybridized carbons (Fsp3) is 0.586. The lowest BCUT2D eigenvalue weighted by Crippen LogP contribution is -2.25. The van der Waals surface area contributed by atoms with Gasteiger partial charge in [0.2, 0.25) is 0 Å². The fourth-order valence-corrected chi connectivity index (χ4v) is 3.78. The number of aryl methyl sites for hydroxylation is 2. The van der Waals surface area contributed by atoms with Crippen LogP contribution in [0, 0.1) is 13.8 Å². The summed E-state index contributed by atoms with van der Waals surface area (Å²) in [5.41, 5.74) is 6.59. The summed E-state index contributed by atoms with van der Waals surface area (Å²) in [5, 5.41) is 7.36. The van der Waals surface area contributed by atoms with Gasteiger partial charge < -0.3 is 10.3 Å². The summed E-state index contributed by atoms with van der Waals surface area (Å²) in [6.45, 7) is 25.7. The van der Waals surface area contributed by atoms with Crippen molar-refractivity contribution in [3.05, 3.63) is 39.4 Å². The summed E-state index contributed by atoms with van der Waals surface area (Å²) >= 11 is 0. The first-order chi connectivity index (χ1) is 15.1. The topological polar surface area (TPSA) is 27.8 Å². The van der Waals surface area contributed by atoms with E-state index in [-0.39, 0.29) is 0 Å². The van der Waals surface area contributed by atoms with E-state index in [1.54, 1.807) is 0 Å². The second kappa shape index (κ2) is 18.9. The molecule has 0 aliphatic heterocycles. The van der Waals surface area contributed by atoms with Gasteiger partial charge in [-0.05, 0) is 56.0 Å². The van der Waals surface area contributed by atoms with Crippen LogP contribution in [0.3, 0.4) is 0 Å². The molecule has 0 saturated carbocycles. The van der Waals surface area contributed by atoms with Crippen molar-refractivity contribution in [3.63, 3.8) is 0 Å². The third-order valence-corrected chi connectivity index (χ3v) is 5.13. The third kappa shape index (κ3) is 8.33. The van der Waals surface area contributed by atoms with Crippen LogP contribution in [0.15, 0.2) is 6.58 Å². The molecule has 0 spiro atoms. The second-order valence-corrected chi connectivity index (χ2v) is 6.92. The van der Waals surface area contributed by atoms with Gasteiger partial charge in [-0.3, -0.25) is 0 Å². The Labute approximate surface area is 193 Å². The van der Waals surface area contributed by atoms with Gasteiger partial charge in [0.15, 0.2) is 0 Å². The van der Waals surface area contributed by atoms with Crippen LogP contribution in [-0.4, -0.2) is 12.0 Å². The van der Waals surface area contributed by atoms with Gasteiger partial charge in [-0.25, -0.2) is 0 Å². The van der Waals surface area contributed by atoms with Crippen LogP contribution in [0.2, 0.25) is 0 Å². The predicted molar refractivity (Wildman–Crippen MR) is 147 cm³/mol. The second-order valence-electron chi connectivity index (χ2n) is 6.92. The predicted octanol–water partition coefficient (Wildman–Crippen LogP) is 7.78. The summed E-state index contributed by atoms with van der Waals surface area (Å²) in [6, 6.07) is 0. The highest BCUT2D eigenvalue weighted by atomic mass is 14.8. The zero-order chi connectivity index (χ0) is 24.4. The lowest BCUT2D eigenvalue weighted by atomic mass is 9.92. The van der Waals surface area contributed by atoms with Crippen molar-refractivity contribution in [1.29, 1.82) is 0 Å². The van der Waals surface area contributed by atoms with E-state index in [4.69, 9.17) is 0 Å². The van der Waals surface area contributed by atoms with Crippen molar-refractivity contribution in [2.24, 2.45) is 0 Å². The molecule has 178 valence electrons. The van der Waals surface area contributed by atoms with Gasteiger partial charge in [0.25, 0.3) is 0 Å². The van der Waals surface area contributed by atoms with Crippen molar-refractivity contribution in [2.45, 2.75) is 108 Å². The Morgan fingerprint density at radius 2 is 1.48 bits per heavy atom. The summed E-state index contributed by atoms with van der Waals surface area (Å²) < 4.78 is 0. The Kier molecular flexibility index (Phi) is 19.2. The van der Waals surface area contributed by atoms with Gasteiger partial charge in [0.1, 0.15) is 0 Å². The number of fused-ring (bicyclic) bond motifs is 3. The van der Waals surface area contributed by atoms with Crippen molar-refractivity contribution in [3.8, 4) is 0 Å². The molecule has 1 aromatic carbocycles. The van der Waals surface area contributed by atoms with E-state index in [0.717, 1.165) is 19.4 Å². The number of unbranched alkanes of at least 4 members (excludes halogenated alkanes) is 2. The van der Waals surface area contributed by atoms with E-state index < -0.39 is 0 Å². The van der Waals surface area contributed by atoms with Crippen LogP contribution in [0.5, 0.6) is 0 Å². The van der Waals surface area contributed by atoms with Crippen LogP contribution >= 0.6 is 0 Å². The van der Waals surface area contributed by atoms with Crippen LogP contribution in [0.4, 0.5) is 0 Å². The number of hydrogen-bond acceptors (Lipinski definition) is 1. The molecule has 0 radical (unpaired) electrons. The smallest absolute Gasteiger partial charge is 0.0503 e. The average molecular weight is 429 g/mol. The Morgan fingerprint density at radius 1 is 0.935 bits per heavy atom. The van der Waals surface area contributed by atoms with E-state index in [2.05, 4.69) is 56.7 Å². The van der Waals surface area contributed by atoms with Crippen LogP contribution in [0.25, 0.3) is 29.1 Å². The highest BCUT2D eigenvalue weighted by Crippen LogP contribution is 2.27. The van der Waals surface area contributed by atoms with Gasteiger partial charge >= 0.3 is 0 Å². The Hall–Kier alpha value is -1.80. The Balaban J connectivity index is 0. The van der Waals surface area contributed by atoms with Crippen LogP contribution in [0.1, 0.15) is 110 Å². The average Bonchev–Trinajstić information content (AvgIpc) is 3.23. The fourth-order valence-electron chi connectivity index (χ4n) is 3.78. The van der Waals surface area contributed by atoms with Gasteiger partial charge in [0.05, 0.1) is 5.52 Å². The maximum absolute atomic E-state index is 4.01. The number of H-pyrrole nitrogens is 1. The highest BCUT2D eigenvalue weighted by Gasteiger charge is 2.15. The molecule has 1 aliphatic carbocycles. The molecule has 31 heavy (non-hydrogen) atoms. The Morgan fingerprint density at radius 3 is 1.94 bits per heavy atom. The molecule has 1 aromatic heterocycles. The number of nitrogens with one attached hydrogen (secondary N) is 2. The summed E-state index contributed by atoms with van der Waals surface area (Å²) in [5.74, 6) is 0. The molecule has 0 saturated heterocycles. The molecule has 0 atom stereocenters. The summed E-state index contributed by atoms with van der Waals surface area (Å²) in [7, 11) is 2.00. The molecule has 1 aliphatic rings. The van der Waals surface area contributed by atoms with E-state index in [1.807, 2.05) is 54.7 Å². The molecule has 0 amide bonds. The maximum atomic E-state index is 4.01. The van der Waals surface area contributed by atoms with Crippen molar-refractivity contribution >= 4 is 29.1 Å². The van der Waals surface area contributed by atoms with E-state index >= 15 is 0 Å². The Bertz CT molecular complexity index is 851. The number of aromatic amines is 1. The van der Waals surface area contributed by atoms with Gasteiger partial charge in [0, 0.05) is 22.5 Å². The molecule has 0 unspecified atom stereocenters. The van der Waals surface area contributed by atoms with Crippen LogP contribution < -0.4 is 15.9 Å². The van der Waals surface area contributed by atoms with E-state index in [0.29, 0.717) is 0 Å². The molecule has 0 fully saturated rings. The summed E-state index contributed by atoms with van der Waals surface area (Å²) in [6.07, 6.45) is 13.0. The normalized spacial score (nSPS) is 10.8. The zero-order valence-electron chi connectivity index (χ0n) is 22.7. The molecular weight excluding hydrogens is 376 g/mol. The molecule has 2 aromatic rings. The summed E-state index contributed by atoms with van der Waals surface area (Å²) in [4.78, 5) is 3.61. The van der Waals surface area contributed by atoms with E-state index in [1.165, 1.54) is 63.0 Å². The molecule has 2 nitrogen and oxygen atoms in total. The van der Waals surface area contributed by atoms with Crippen LogP contribution in [-0.2, 0) is 6.54 Å². The highest BCUT2D eigenvalue weighted by molar-refractivity contribution is 5.91. The number of hydrogen-bond donors (Lipinski definition) is 2. The minimum Gasteiger partial charge on any atom is -0.355 e. The lowest BCUT2D eigenvalue weighted by Gasteiger charge is -2.15. The van der Waals surface area contributed by atoms with Gasteiger partial charge in [-0.1, -0.05) is 99.5 Å². The minimum atomic E-state index is 0.883. The lowest BCUT2D eigenvalue weighted by molar-refractivity contribution is 0.772. The monoisotopic (exact) mass is 428 g/mol. The zero-order valence-corrected chi connectivity index (χ0v) is 22.7. The largest absolute Gasteiger partial charge is 0.355 e. The number of aromatic nitrogens is 1. The number of rotatable bonds is 5. The third-order valence-electron chi connectivity index (χ3n) is 5.13. The van der Waals surface area contributed by atoms with E-state index in [9.17, 15) is 0 Å². The van der Waals surface area contributed by atoms with Crippen molar-refractivity contribution in [2.75, 3.05) is 7.05 Å².